The molecule has 1 atom stereocenters. The lowest BCUT2D eigenvalue weighted by molar-refractivity contribution is 0.213. The molecule has 2 rings (SSSR count). The smallest absolute Gasteiger partial charge is 0.184 e. The normalized spacial score (nSPS) is 21.3. The van der Waals surface area contributed by atoms with Crippen LogP contribution in [-0.2, 0) is 0 Å². The van der Waals surface area contributed by atoms with Gasteiger partial charge in [-0.3, -0.25) is 4.90 Å². The Labute approximate surface area is 106 Å². The Morgan fingerprint density at radius 1 is 1.33 bits per heavy atom. The summed E-state index contributed by atoms with van der Waals surface area (Å²) in [5, 5.41) is 0. The summed E-state index contributed by atoms with van der Waals surface area (Å²) >= 11 is 0. The van der Waals surface area contributed by atoms with Gasteiger partial charge < -0.3 is 10.6 Å². The van der Waals surface area contributed by atoms with Gasteiger partial charge in [-0.05, 0) is 25.6 Å². The van der Waals surface area contributed by atoms with Gasteiger partial charge in [0, 0.05) is 25.7 Å². The van der Waals surface area contributed by atoms with Gasteiger partial charge in [-0.25, -0.2) is 8.78 Å². The highest BCUT2D eigenvalue weighted by atomic mass is 19.2. The minimum absolute atomic E-state index is 0.210. The molecule has 3 nitrogen and oxygen atoms in total. The van der Waals surface area contributed by atoms with E-state index in [1.807, 2.05) is 4.90 Å². The van der Waals surface area contributed by atoms with E-state index >= 15 is 0 Å². The lowest BCUT2D eigenvalue weighted by atomic mass is 10.1. The quantitative estimate of drug-likeness (QED) is 0.821. The summed E-state index contributed by atoms with van der Waals surface area (Å²) in [7, 11) is 2.05. The second-order valence-electron chi connectivity index (χ2n) is 4.79. The van der Waals surface area contributed by atoms with Crippen molar-refractivity contribution < 1.29 is 8.78 Å². The molecule has 18 heavy (non-hydrogen) atoms. The van der Waals surface area contributed by atoms with Gasteiger partial charge in [0.25, 0.3) is 0 Å². The summed E-state index contributed by atoms with van der Waals surface area (Å²) in [5.41, 5.74) is 6.29. The molecule has 2 N–H and O–H groups in total. The van der Waals surface area contributed by atoms with E-state index in [2.05, 4.69) is 18.9 Å². The Balaban J connectivity index is 2.30. The van der Waals surface area contributed by atoms with Crippen LogP contribution in [0.25, 0.3) is 0 Å². The van der Waals surface area contributed by atoms with Crippen molar-refractivity contribution in [3.05, 3.63) is 23.8 Å². The van der Waals surface area contributed by atoms with E-state index < -0.39 is 11.6 Å². The second kappa shape index (κ2) is 5.10. The highest BCUT2D eigenvalue weighted by Gasteiger charge is 2.26. The topological polar surface area (TPSA) is 32.5 Å². The number of halogens is 2. The highest BCUT2D eigenvalue weighted by Crippen LogP contribution is 2.30. The standard InChI is InChI=1S/C13H19F2N3/c1-3-9-8-18(7-6-17(9)2)13-11(16)5-4-10(14)12(13)15/h4-5,9H,3,6-8,16H2,1-2H3. The summed E-state index contributed by atoms with van der Waals surface area (Å²) < 4.78 is 27.2. The molecular formula is C13H19F2N3. The molecule has 1 aliphatic rings. The number of nitrogen functional groups attached to an aromatic ring is 1. The Hall–Kier alpha value is -1.36. The summed E-state index contributed by atoms with van der Waals surface area (Å²) in [5.74, 6) is -1.68. The fourth-order valence-electron chi connectivity index (χ4n) is 2.47. The lowest BCUT2D eigenvalue weighted by Gasteiger charge is -2.40. The third-order valence-electron chi connectivity index (χ3n) is 3.66. The van der Waals surface area contributed by atoms with E-state index in [9.17, 15) is 8.78 Å². The fourth-order valence-corrected chi connectivity index (χ4v) is 2.47. The van der Waals surface area contributed by atoms with Gasteiger partial charge in [0.2, 0.25) is 0 Å². The average molecular weight is 255 g/mol. The largest absolute Gasteiger partial charge is 0.397 e. The molecule has 0 amide bonds. The third-order valence-corrected chi connectivity index (χ3v) is 3.66. The first kappa shape index (κ1) is 13.1. The van der Waals surface area contributed by atoms with Crippen LogP contribution in [0.2, 0.25) is 0 Å². The van der Waals surface area contributed by atoms with Crippen molar-refractivity contribution in [1.29, 1.82) is 0 Å². The average Bonchev–Trinajstić information content (AvgIpc) is 2.36. The summed E-state index contributed by atoms with van der Waals surface area (Å²) in [4.78, 5) is 4.09. The molecule has 0 aromatic heterocycles. The zero-order chi connectivity index (χ0) is 13.3. The Morgan fingerprint density at radius 2 is 2.06 bits per heavy atom. The van der Waals surface area contributed by atoms with Crippen molar-refractivity contribution >= 4 is 11.4 Å². The highest BCUT2D eigenvalue weighted by molar-refractivity contribution is 5.68. The first-order valence-electron chi connectivity index (χ1n) is 6.23. The molecule has 1 heterocycles. The van der Waals surface area contributed by atoms with Gasteiger partial charge in [-0.15, -0.1) is 0 Å². The molecule has 5 heteroatoms. The number of likely N-dealkylation sites (N-methyl/N-ethyl adjacent to an activating group) is 1. The molecular weight excluding hydrogens is 236 g/mol. The SMILES string of the molecule is CCC1CN(c2c(N)ccc(F)c2F)CCN1C. The molecule has 0 spiro atoms. The Kier molecular flexibility index (Phi) is 3.71. The molecule has 0 saturated carbocycles. The van der Waals surface area contributed by atoms with Crippen LogP contribution in [-0.4, -0.2) is 37.6 Å². The van der Waals surface area contributed by atoms with Gasteiger partial charge in [0.05, 0.1) is 11.4 Å². The lowest BCUT2D eigenvalue weighted by Crippen LogP contribution is -2.51. The maximum atomic E-state index is 13.9. The molecule has 1 fully saturated rings. The van der Waals surface area contributed by atoms with E-state index in [4.69, 9.17) is 5.73 Å². The van der Waals surface area contributed by atoms with Crippen molar-refractivity contribution in [1.82, 2.24) is 4.90 Å². The van der Waals surface area contributed by atoms with Crippen LogP contribution in [0.5, 0.6) is 0 Å². The van der Waals surface area contributed by atoms with Gasteiger partial charge in [0.1, 0.15) is 0 Å². The number of anilines is 2. The number of nitrogens with two attached hydrogens (primary N) is 1. The third kappa shape index (κ3) is 2.27. The summed E-state index contributed by atoms with van der Waals surface area (Å²) in [6.07, 6.45) is 0.976. The minimum Gasteiger partial charge on any atom is -0.397 e. The molecule has 0 radical (unpaired) electrons. The van der Waals surface area contributed by atoms with Crippen molar-refractivity contribution in [2.75, 3.05) is 37.3 Å². The number of nitrogens with zero attached hydrogens (tertiary/aromatic N) is 2. The van der Waals surface area contributed by atoms with Crippen LogP contribution < -0.4 is 10.6 Å². The number of rotatable bonds is 2. The molecule has 1 aliphatic heterocycles. The van der Waals surface area contributed by atoms with E-state index in [1.54, 1.807) is 0 Å². The number of benzene rings is 1. The molecule has 0 bridgehead atoms. The van der Waals surface area contributed by atoms with Crippen molar-refractivity contribution in [3.8, 4) is 0 Å². The van der Waals surface area contributed by atoms with E-state index in [1.165, 1.54) is 6.07 Å². The molecule has 1 saturated heterocycles. The molecule has 1 aromatic carbocycles. The van der Waals surface area contributed by atoms with Gasteiger partial charge in [-0.2, -0.15) is 0 Å². The molecule has 0 aliphatic carbocycles. The molecule has 1 unspecified atom stereocenters. The minimum atomic E-state index is -0.842. The predicted molar refractivity (Wildman–Crippen MR) is 69.7 cm³/mol. The number of piperazine rings is 1. The van der Waals surface area contributed by atoms with Crippen molar-refractivity contribution in [3.63, 3.8) is 0 Å². The van der Waals surface area contributed by atoms with Crippen LogP contribution >= 0.6 is 0 Å². The van der Waals surface area contributed by atoms with Crippen molar-refractivity contribution in [2.24, 2.45) is 0 Å². The van der Waals surface area contributed by atoms with Crippen LogP contribution in [0.15, 0.2) is 12.1 Å². The van der Waals surface area contributed by atoms with E-state index in [0.29, 0.717) is 24.8 Å². The molecule has 1 aromatic rings. The monoisotopic (exact) mass is 255 g/mol. The summed E-state index contributed by atoms with van der Waals surface area (Å²) in [6.45, 7) is 4.26. The first-order chi connectivity index (χ1) is 8.54. The van der Waals surface area contributed by atoms with Crippen molar-refractivity contribution in [2.45, 2.75) is 19.4 Å². The van der Waals surface area contributed by atoms with Gasteiger partial charge in [0.15, 0.2) is 11.6 Å². The van der Waals surface area contributed by atoms with Crippen LogP contribution in [0, 0.1) is 11.6 Å². The predicted octanol–water partition coefficient (Wildman–Crippen LogP) is 2.08. The maximum Gasteiger partial charge on any atom is 0.184 e. The van der Waals surface area contributed by atoms with E-state index in [-0.39, 0.29) is 5.69 Å². The number of hydrogen-bond acceptors (Lipinski definition) is 3. The first-order valence-corrected chi connectivity index (χ1v) is 6.23. The molecule has 100 valence electrons. The Morgan fingerprint density at radius 3 is 2.72 bits per heavy atom. The maximum absolute atomic E-state index is 13.9. The van der Waals surface area contributed by atoms with Crippen LogP contribution in [0.1, 0.15) is 13.3 Å². The zero-order valence-electron chi connectivity index (χ0n) is 10.8. The second-order valence-corrected chi connectivity index (χ2v) is 4.79. The Bertz CT molecular complexity index is 436. The van der Waals surface area contributed by atoms with Gasteiger partial charge in [-0.1, -0.05) is 6.92 Å². The van der Waals surface area contributed by atoms with E-state index in [0.717, 1.165) is 19.0 Å². The fraction of sp³-hybridized carbons (Fsp3) is 0.538. The zero-order valence-corrected chi connectivity index (χ0v) is 10.8. The van der Waals surface area contributed by atoms with Crippen LogP contribution in [0.3, 0.4) is 0 Å². The number of hydrogen-bond donors (Lipinski definition) is 1. The summed E-state index contributed by atoms with van der Waals surface area (Å²) in [6, 6.07) is 2.84. The van der Waals surface area contributed by atoms with Crippen LogP contribution in [0.4, 0.5) is 20.2 Å². The van der Waals surface area contributed by atoms with Gasteiger partial charge >= 0.3 is 0 Å².